The molecule has 0 fully saturated rings. The molecule has 1 unspecified atom stereocenters. The van der Waals surface area contributed by atoms with Crippen LogP contribution in [0.5, 0.6) is 5.75 Å². The molecule has 1 nitrogen and oxygen atoms in total. The smallest absolute Gasteiger partial charge is 0.147 e. The van der Waals surface area contributed by atoms with Crippen molar-refractivity contribution in [1.82, 2.24) is 0 Å². The maximum absolute atomic E-state index is 7.21. The molecule has 0 heterocycles. The van der Waals surface area contributed by atoms with Crippen molar-refractivity contribution in [3.05, 3.63) is 147 Å². The molecule has 0 radical (unpaired) electrons. The molecule has 4 heteroatoms. The third-order valence-corrected chi connectivity index (χ3v) is 11.7. The fourth-order valence-corrected chi connectivity index (χ4v) is 9.53. The first-order valence-electron chi connectivity index (χ1n) is 12.6. The largest absolute Gasteiger partial charge is 0.147 e. The number of hydrogen-bond donors (Lipinski definition) is 0. The summed E-state index contributed by atoms with van der Waals surface area (Å²) in [7, 11) is 0. The van der Waals surface area contributed by atoms with Gasteiger partial charge in [0.2, 0.25) is 0 Å². The molecule has 1 aliphatic carbocycles. The van der Waals surface area contributed by atoms with Gasteiger partial charge in [-0.3, -0.25) is 0 Å². The van der Waals surface area contributed by atoms with Crippen LogP contribution in [0.1, 0.15) is 38.8 Å². The third-order valence-electron chi connectivity index (χ3n) is 7.40. The van der Waals surface area contributed by atoms with Crippen LogP contribution in [0.25, 0.3) is 11.1 Å². The van der Waals surface area contributed by atoms with Gasteiger partial charge in [0.15, 0.2) is 0 Å². The Kier molecular flexibility index (Phi) is 10.5. The Hall–Kier alpha value is -2.68. The molecular formula is C34H34Cl2OTi. The van der Waals surface area contributed by atoms with Crippen LogP contribution in [0, 0.1) is 5.92 Å². The van der Waals surface area contributed by atoms with E-state index in [2.05, 4.69) is 143 Å². The molecule has 1 aliphatic rings. The number of hydrogen-bond acceptors (Lipinski definition) is 1. The monoisotopic (exact) mass is 576 g/mol. The molecule has 0 saturated carbocycles. The Morgan fingerprint density at radius 1 is 0.605 bits per heavy atom. The molecule has 0 N–H and O–H groups in total. The second-order valence-electron chi connectivity index (χ2n) is 9.50. The number of allylic oxidation sites excluding steroid dienone is 4. The Balaban J connectivity index is 0.00000200. The van der Waals surface area contributed by atoms with Gasteiger partial charge < -0.3 is 0 Å². The summed E-state index contributed by atoms with van der Waals surface area (Å²) in [6.45, 7) is 9.20. The average Bonchev–Trinajstić information content (AvgIpc) is 3.12. The van der Waals surface area contributed by atoms with E-state index < -0.39 is 17.8 Å². The molecule has 4 aromatic carbocycles. The molecular weight excluding hydrogens is 543 g/mol. The Bertz CT molecular complexity index is 1430. The van der Waals surface area contributed by atoms with E-state index in [-0.39, 0.29) is 24.8 Å². The van der Waals surface area contributed by atoms with Crippen LogP contribution in [0.4, 0.5) is 0 Å². The first-order valence-corrected chi connectivity index (χ1v) is 14.8. The Morgan fingerprint density at radius 2 is 1.11 bits per heavy atom. The summed E-state index contributed by atoms with van der Waals surface area (Å²) in [5, 5.41) is 0. The van der Waals surface area contributed by atoms with Crippen LogP contribution in [0.2, 0.25) is 0 Å². The van der Waals surface area contributed by atoms with E-state index in [1.54, 1.807) is 0 Å². The zero-order valence-electron chi connectivity index (χ0n) is 22.3. The van der Waals surface area contributed by atoms with Crippen molar-refractivity contribution in [2.75, 3.05) is 0 Å². The second kappa shape index (κ2) is 13.4. The van der Waals surface area contributed by atoms with Crippen molar-refractivity contribution in [1.29, 1.82) is 0 Å². The van der Waals surface area contributed by atoms with Gasteiger partial charge in [-0.15, -0.1) is 24.8 Å². The van der Waals surface area contributed by atoms with Crippen molar-refractivity contribution >= 4 is 28.6 Å². The summed E-state index contributed by atoms with van der Waals surface area (Å²) in [6, 6.07) is 40.8. The van der Waals surface area contributed by atoms with Gasteiger partial charge in [-0.05, 0) is 0 Å². The van der Waals surface area contributed by atoms with Crippen LogP contribution in [-0.4, -0.2) is 3.81 Å². The summed E-state index contributed by atoms with van der Waals surface area (Å²) >= 11 is -2.52. The number of benzene rings is 4. The second-order valence-corrected chi connectivity index (χ2v) is 12.5. The first kappa shape index (κ1) is 29.9. The molecule has 0 saturated heterocycles. The molecule has 1 atom stereocenters. The Morgan fingerprint density at radius 3 is 1.61 bits per heavy atom. The first-order chi connectivity index (χ1) is 17.5. The van der Waals surface area contributed by atoms with Gasteiger partial charge >= 0.3 is 222 Å². The van der Waals surface area contributed by atoms with Crippen LogP contribution in [-0.2, 0) is 17.8 Å². The van der Waals surface area contributed by atoms with Crippen LogP contribution < -0.4 is 3.32 Å². The quantitative estimate of drug-likeness (QED) is 0.208. The minimum Gasteiger partial charge on any atom is -0.147 e. The van der Waals surface area contributed by atoms with Crippen molar-refractivity contribution in [2.24, 2.45) is 5.92 Å². The summed E-state index contributed by atoms with van der Waals surface area (Å²) in [4.78, 5) is 0. The minimum atomic E-state index is -2.52. The minimum absolute atomic E-state index is 0. The molecule has 38 heavy (non-hydrogen) atoms. The topological polar surface area (TPSA) is 9.23 Å². The van der Waals surface area contributed by atoms with Crippen molar-refractivity contribution < 1.29 is 21.1 Å². The van der Waals surface area contributed by atoms with E-state index in [9.17, 15) is 0 Å². The van der Waals surface area contributed by atoms with Crippen LogP contribution in [0.3, 0.4) is 0 Å². The van der Waals surface area contributed by atoms with Crippen molar-refractivity contribution in [3.63, 3.8) is 0 Å². The SMILES string of the molecule is CC1=C(C)C(C)[C]([Ti]([O]c2cccc(-c3ccccc3)c2)=[C](c2ccccc2)c2ccccc2)=C1C.Cl.Cl. The predicted molar refractivity (Wildman–Crippen MR) is 163 cm³/mol. The van der Waals surface area contributed by atoms with Gasteiger partial charge in [0.1, 0.15) is 0 Å². The van der Waals surface area contributed by atoms with Gasteiger partial charge in [-0.25, -0.2) is 0 Å². The van der Waals surface area contributed by atoms with Gasteiger partial charge in [-0.1, -0.05) is 0 Å². The van der Waals surface area contributed by atoms with Crippen molar-refractivity contribution in [2.45, 2.75) is 27.7 Å². The van der Waals surface area contributed by atoms with Crippen LogP contribution >= 0.6 is 24.8 Å². The zero-order chi connectivity index (χ0) is 25.1. The Labute approximate surface area is 245 Å². The fourth-order valence-electron chi connectivity index (χ4n) is 5.10. The summed E-state index contributed by atoms with van der Waals surface area (Å²) < 4.78 is 10.1. The van der Waals surface area contributed by atoms with E-state index >= 15 is 0 Å². The number of rotatable bonds is 6. The van der Waals surface area contributed by atoms with Gasteiger partial charge in [0.05, 0.1) is 0 Å². The maximum atomic E-state index is 7.21. The summed E-state index contributed by atoms with van der Waals surface area (Å²) in [5.74, 6) is 1.34. The average molecular weight is 577 g/mol. The molecule has 0 amide bonds. The predicted octanol–water partition coefficient (Wildman–Crippen LogP) is 9.64. The molecule has 0 aromatic heterocycles. The molecule has 0 spiro atoms. The van der Waals surface area contributed by atoms with Gasteiger partial charge in [0.25, 0.3) is 0 Å². The van der Waals surface area contributed by atoms with Crippen LogP contribution in [0.15, 0.2) is 136 Å². The zero-order valence-corrected chi connectivity index (χ0v) is 25.5. The van der Waals surface area contributed by atoms with E-state index in [1.165, 1.54) is 46.7 Å². The molecule has 0 aliphatic heterocycles. The van der Waals surface area contributed by atoms with E-state index in [4.69, 9.17) is 3.32 Å². The number of halogens is 2. The molecule has 0 bridgehead atoms. The van der Waals surface area contributed by atoms with E-state index in [0.717, 1.165) is 5.75 Å². The van der Waals surface area contributed by atoms with E-state index in [0.29, 0.717) is 5.92 Å². The molecule has 4 aromatic rings. The standard InChI is InChI=1S/C13H10.C12H10O.C9H13.2ClH.Ti/c1-3-7-12(8-4-1)11-13-9-5-2-6-10-13;13-12-8-4-7-11(9-12)10-5-2-1-3-6-10;1-6-5-7(2)9(4)8(6)3;;;/h1-10H;1-9,13H;6H,1-4H3;2*1H;/q;;;;;+1/p-1. The third kappa shape index (κ3) is 6.14. The van der Waals surface area contributed by atoms with Gasteiger partial charge in [-0.2, -0.15) is 0 Å². The molecule has 5 rings (SSSR count). The summed E-state index contributed by atoms with van der Waals surface area (Å²) in [5.41, 5.74) is 9.21. The van der Waals surface area contributed by atoms with E-state index in [1.807, 2.05) is 0 Å². The van der Waals surface area contributed by atoms with Crippen molar-refractivity contribution in [3.8, 4) is 16.9 Å². The fraction of sp³-hybridized carbons (Fsp3) is 0.147. The summed E-state index contributed by atoms with van der Waals surface area (Å²) in [6.07, 6.45) is 0. The maximum Gasteiger partial charge on any atom is -0.147 e. The normalized spacial score (nSPS) is 14.5. The van der Waals surface area contributed by atoms with Gasteiger partial charge in [0, 0.05) is 0 Å². The molecule has 194 valence electrons.